The van der Waals surface area contributed by atoms with Crippen molar-refractivity contribution in [3.63, 3.8) is 0 Å². The van der Waals surface area contributed by atoms with Crippen molar-refractivity contribution in [1.82, 2.24) is 14.7 Å². The molecule has 3 saturated heterocycles. The lowest BCUT2D eigenvalue weighted by atomic mass is 9.93. The van der Waals surface area contributed by atoms with Crippen LogP contribution in [0.1, 0.15) is 32.1 Å². The van der Waals surface area contributed by atoms with Gasteiger partial charge in [-0.1, -0.05) is 0 Å². The third-order valence-electron chi connectivity index (χ3n) is 5.36. The monoisotopic (exact) mass is 251 g/mol. The maximum Gasteiger partial charge on any atom is 0.0224 e. The van der Waals surface area contributed by atoms with Crippen LogP contribution in [0.4, 0.5) is 0 Å². The normalized spacial score (nSPS) is 32.8. The zero-order valence-corrected chi connectivity index (χ0v) is 12.0. The summed E-state index contributed by atoms with van der Waals surface area (Å²) in [6, 6.07) is 0.899. The van der Waals surface area contributed by atoms with E-state index in [1.165, 1.54) is 77.9 Å². The third kappa shape index (κ3) is 3.06. The predicted octanol–water partition coefficient (Wildman–Crippen LogP) is 1.50. The molecule has 0 saturated carbocycles. The van der Waals surface area contributed by atoms with Gasteiger partial charge >= 0.3 is 0 Å². The number of likely N-dealkylation sites (tertiary alicyclic amines) is 1. The largest absolute Gasteiger partial charge is 0.306 e. The van der Waals surface area contributed by atoms with Crippen molar-refractivity contribution in [1.29, 1.82) is 0 Å². The number of rotatable bonds is 3. The molecule has 0 amide bonds. The van der Waals surface area contributed by atoms with Gasteiger partial charge in [0.05, 0.1) is 0 Å². The van der Waals surface area contributed by atoms with Gasteiger partial charge in [0.25, 0.3) is 0 Å². The van der Waals surface area contributed by atoms with Crippen LogP contribution >= 0.6 is 0 Å². The van der Waals surface area contributed by atoms with Crippen LogP contribution in [-0.2, 0) is 0 Å². The SMILES string of the molecule is CN1CCC(CCN2CCN3CCCC3C2)CC1. The minimum Gasteiger partial charge on any atom is -0.306 e. The Labute approximate surface area is 112 Å². The predicted molar refractivity (Wildman–Crippen MR) is 75.9 cm³/mol. The molecule has 3 fully saturated rings. The van der Waals surface area contributed by atoms with Crippen molar-refractivity contribution in [2.24, 2.45) is 5.92 Å². The quantitative estimate of drug-likeness (QED) is 0.752. The Hall–Kier alpha value is -0.120. The molecule has 1 unspecified atom stereocenters. The molecule has 0 radical (unpaired) electrons. The lowest BCUT2D eigenvalue weighted by Crippen LogP contribution is -2.50. The minimum atomic E-state index is 0.899. The van der Waals surface area contributed by atoms with Crippen molar-refractivity contribution >= 4 is 0 Å². The Balaban J connectivity index is 1.38. The summed E-state index contributed by atoms with van der Waals surface area (Å²) in [6.07, 6.45) is 7.19. The minimum absolute atomic E-state index is 0.899. The second kappa shape index (κ2) is 5.89. The molecule has 3 rings (SSSR count). The Bertz CT molecular complexity index is 260. The molecule has 0 spiro atoms. The van der Waals surface area contributed by atoms with Crippen LogP contribution in [0, 0.1) is 5.92 Å². The highest BCUT2D eigenvalue weighted by atomic mass is 15.3. The second-order valence-corrected chi connectivity index (χ2v) is 6.67. The fourth-order valence-corrected chi connectivity index (χ4v) is 3.97. The zero-order chi connectivity index (χ0) is 12.4. The summed E-state index contributed by atoms with van der Waals surface area (Å²) >= 11 is 0. The van der Waals surface area contributed by atoms with E-state index in [4.69, 9.17) is 0 Å². The van der Waals surface area contributed by atoms with E-state index in [-0.39, 0.29) is 0 Å². The third-order valence-corrected chi connectivity index (χ3v) is 5.36. The molecule has 0 aromatic rings. The summed E-state index contributed by atoms with van der Waals surface area (Å²) in [4.78, 5) is 7.94. The lowest BCUT2D eigenvalue weighted by Gasteiger charge is -2.38. The number of fused-ring (bicyclic) bond motifs is 1. The highest BCUT2D eigenvalue weighted by Gasteiger charge is 2.30. The topological polar surface area (TPSA) is 9.72 Å². The summed E-state index contributed by atoms with van der Waals surface area (Å²) in [5, 5.41) is 0. The molecule has 104 valence electrons. The van der Waals surface area contributed by atoms with Crippen molar-refractivity contribution in [3.05, 3.63) is 0 Å². The molecule has 0 aromatic heterocycles. The molecular weight excluding hydrogens is 222 g/mol. The van der Waals surface area contributed by atoms with Gasteiger partial charge in [-0.3, -0.25) is 4.90 Å². The Morgan fingerprint density at radius 2 is 1.78 bits per heavy atom. The van der Waals surface area contributed by atoms with Gasteiger partial charge in [0.15, 0.2) is 0 Å². The first-order valence-corrected chi connectivity index (χ1v) is 7.96. The maximum absolute atomic E-state index is 2.74. The summed E-state index contributed by atoms with van der Waals surface area (Å²) in [7, 11) is 2.26. The van der Waals surface area contributed by atoms with Crippen LogP contribution < -0.4 is 0 Å². The highest BCUT2D eigenvalue weighted by Crippen LogP contribution is 2.24. The van der Waals surface area contributed by atoms with Crippen molar-refractivity contribution in [2.75, 3.05) is 52.9 Å². The molecule has 3 heterocycles. The van der Waals surface area contributed by atoms with Gasteiger partial charge in [0.1, 0.15) is 0 Å². The molecule has 0 aromatic carbocycles. The van der Waals surface area contributed by atoms with E-state index >= 15 is 0 Å². The number of hydrogen-bond acceptors (Lipinski definition) is 3. The van der Waals surface area contributed by atoms with Crippen LogP contribution in [0.2, 0.25) is 0 Å². The Kier molecular flexibility index (Phi) is 4.22. The van der Waals surface area contributed by atoms with Crippen molar-refractivity contribution < 1.29 is 0 Å². The number of piperazine rings is 1. The summed E-state index contributed by atoms with van der Waals surface area (Å²) in [5.74, 6) is 1.00. The molecule has 1 atom stereocenters. The fourth-order valence-electron chi connectivity index (χ4n) is 3.97. The number of hydrogen-bond donors (Lipinski definition) is 0. The van der Waals surface area contributed by atoms with E-state index < -0.39 is 0 Å². The number of nitrogens with zero attached hydrogens (tertiary/aromatic N) is 3. The smallest absolute Gasteiger partial charge is 0.0224 e. The van der Waals surface area contributed by atoms with Gasteiger partial charge < -0.3 is 9.80 Å². The van der Waals surface area contributed by atoms with Gasteiger partial charge in [0, 0.05) is 25.7 Å². The first-order chi connectivity index (χ1) is 8.81. The van der Waals surface area contributed by atoms with Gasteiger partial charge in [-0.25, -0.2) is 0 Å². The Morgan fingerprint density at radius 1 is 0.944 bits per heavy atom. The fraction of sp³-hybridized carbons (Fsp3) is 1.00. The van der Waals surface area contributed by atoms with E-state index in [1.807, 2.05) is 0 Å². The first-order valence-electron chi connectivity index (χ1n) is 7.96. The van der Waals surface area contributed by atoms with Gasteiger partial charge in [-0.2, -0.15) is 0 Å². The van der Waals surface area contributed by atoms with Crippen molar-refractivity contribution in [3.8, 4) is 0 Å². The molecule has 3 aliphatic rings. The molecule has 3 heteroatoms. The molecule has 0 bridgehead atoms. The van der Waals surface area contributed by atoms with Crippen LogP contribution in [0.25, 0.3) is 0 Å². The molecule has 0 N–H and O–H groups in total. The van der Waals surface area contributed by atoms with Crippen LogP contribution in [-0.4, -0.2) is 73.6 Å². The average Bonchev–Trinajstić information content (AvgIpc) is 2.85. The van der Waals surface area contributed by atoms with E-state index in [0.29, 0.717) is 0 Å². The van der Waals surface area contributed by atoms with E-state index in [1.54, 1.807) is 0 Å². The van der Waals surface area contributed by atoms with Crippen LogP contribution in [0.5, 0.6) is 0 Å². The molecule has 0 aliphatic carbocycles. The molecule has 18 heavy (non-hydrogen) atoms. The maximum atomic E-state index is 2.74. The van der Waals surface area contributed by atoms with Crippen LogP contribution in [0.15, 0.2) is 0 Å². The van der Waals surface area contributed by atoms with Gasteiger partial charge in [0.2, 0.25) is 0 Å². The Morgan fingerprint density at radius 3 is 2.61 bits per heavy atom. The summed E-state index contributed by atoms with van der Waals surface area (Å²) in [5.41, 5.74) is 0. The number of piperidine rings is 1. The zero-order valence-electron chi connectivity index (χ0n) is 12.0. The molecule has 3 nitrogen and oxygen atoms in total. The second-order valence-electron chi connectivity index (χ2n) is 6.67. The first kappa shape index (κ1) is 12.9. The summed E-state index contributed by atoms with van der Waals surface area (Å²) in [6.45, 7) is 9.38. The summed E-state index contributed by atoms with van der Waals surface area (Å²) < 4.78 is 0. The van der Waals surface area contributed by atoms with Crippen LogP contribution in [0.3, 0.4) is 0 Å². The van der Waals surface area contributed by atoms with Gasteiger partial charge in [-0.05, 0) is 71.2 Å². The van der Waals surface area contributed by atoms with E-state index in [9.17, 15) is 0 Å². The van der Waals surface area contributed by atoms with Crippen molar-refractivity contribution in [2.45, 2.75) is 38.1 Å². The van der Waals surface area contributed by atoms with Gasteiger partial charge in [-0.15, -0.1) is 0 Å². The molecular formula is C15H29N3. The highest BCUT2D eigenvalue weighted by molar-refractivity contribution is 4.87. The lowest BCUT2D eigenvalue weighted by molar-refractivity contribution is 0.0948. The van der Waals surface area contributed by atoms with E-state index in [2.05, 4.69) is 21.7 Å². The standard InChI is InChI=1S/C15H29N3/c1-16-8-4-14(5-9-16)6-10-17-11-12-18-7-2-3-15(18)13-17/h14-15H,2-13H2,1H3. The van der Waals surface area contributed by atoms with E-state index in [0.717, 1.165) is 12.0 Å². The molecule has 3 aliphatic heterocycles. The average molecular weight is 251 g/mol.